The molecule has 0 bridgehead atoms. The van der Waals surface area contributed by atoms with Crippen LogP contribution in [0.4, 0.5) is 11.4 Å². The molecule has 0 fully saturated rings. The number of aromatic hydroxyl groups is 1. The van der Waals surface area contributed by atoms with Crippen molar-refractivity contribution < 1.29 is 19.6 Å². The third-order valence-corrected chi connectivity index (χ3v) is 4.47. The lowest BCUT2D eigenvalue weighted by Gasteiger charge is -2.11. The van der Waals surface area contributed by atoms with E-state index in [0.717, 1.165) is 4.47 Å². The minimum Gasteiger partial charge on any atom is -0.500 e. The number of benzene rings is 2. The molecule has 0 spiro atoms. The summed E-state index contributed by atoms with van der Waals surface area (Å²) < 4.78 is 5.86. The fourth-order valence-electron chi connectivity index (χ4n) is 2.60. The molecule has 1 N–H and O–H groups in total. The van der Waals surface area contributed by atoms with Crippen molar-refractivity contribution in [2.75, 3.05) is 12.1 Å². The Labute approximate surface area is 162 Å². The summed E-state index contributed by atoms with van der Waals surface area (Å²) in [6.07, 6.45) is 1.48. The number of carbonyl (C=O) groups excluding carboxylic acids is 1. The Morgan fingerprint density at radius 3 is 2.56 bits per heavy atom. The van der Waals surface area contributed by atoms with Crippen LogP contribution in [0.2, 0.25) is 0 Å². The second-order valence-electron chi connectivity index (χ2n) is 5.68. The first kappa shape index (κ1) is 18.6. The zero-order valence-electron chi connectivity index (χ0n) is 14.3. The van der Waals surface area contributed by atoms with E-state index >= 15 is 0 Å². The second-order valence-corrected chi connectivity index (χ2v) is 6.60. The maximum atomic E-state index is 12.8. The number of nitro benzene ring substituents is 1. The molecule has 2 aromatic rings. The summed E-state index contributed by atoms with van der Waals surface area (Å²) in [5.41, 5.74) is 1.19. The number of hydrazone groups is 1. The van der Waals surface area contributed by atoms with Gasteiger partial charge in [0.25, 0.3) is 5.91 Å². The molecule has 1 heterocycles. The molecule has 0 radical (unpaired) electrons. The number of rotatable bonds is 4. The van der Waals surface area contributed by atoms with Crippen LogP contribution in [0.15, 0.2) is 51.5 Å². The number of phenols is 1. The van der Waals surface area contributed by atoms with Crippen molar-refractivity contribution in [2.24, 2.45) is 5.10 Å². The maximum Gasteiger partial charge on any atom is 0.315 e. The molecule has 0 unspecified atom stereocenters. The van der Waals surface area contributed by atoms with Gasteiger partial charge in [-0.3, -0.25) is 14.9 Å². The maximum absolute atomic E-state index is 12.8. The first-order chi connectivity index (χ1) is 12.8. The second kappa shape index (κ2) is 7.20. The first-order valence-electron chi connectivity index (χ1n) is 7.74. The number of phenolic OH excluding ortho intramolecular Hbond substituents is 1. The van der Waals surface area contributed by atoms with Gasteiger partial charge in [0.1, 0.15) is 0 Å². The van der Waals surface area contributed by atoms with Gasteiger partial charge in [0, 0.05) is 10.5 Å². The van der Waals surface area contributed by atoms with E-state index in [9.17, 15) is 20.0 Å². The summed E-state index contributed by atoms with van der Waals surface area (Å²) in [6.45, 7) is 1.68. The minimum atomic E-state index is -0.717. The number of halogens is 1. The smallest absolute Gasteiger partial charge is 0.315 e. The number of hydrogen-bond acceptors (Lipinski definition) is 6. The van der Waals surface area contributed by atoms with E-state index in [4.69, 9.17) is 4.74 Å². The fraction of sp³-hybridized carbons (Fsp3) is 0.111. The van der Waals surface area contributed by atoms with Gasteiger partial charge in [0.15, 0.2) is 5.75 Å². The number of anilines is 1. The van der Waals surface area contributed by atoms with Crippen LogP contribution in [0.3, 0.4) is 0 Å². The third kappa shape index (κ3) is 3.54. The van der Waals surface area contributed by atoms with E-state index in [0.29, 0.717) is 22.5 Å². The normalized spacial score (nSPS) is 15.2. The Hall–Kier alpha value is -3.20. The number of nitro groups is 1. The Morgan fingerprint density at radius 1 is 1.30 bits per heavy atom. The molecule has 3 rings (SSSR count). The van der Waals surface area contributed by atoms with E-state index < -0.39 is 16.4 Å². The van der Waals surface area contributed by atoms with Crippen LogP contribution in [0.25, 0.3) is 6.08 Å². The monoisotopic (exact) mass is 431 g/mol. The molecule has 0 aliphatic carbocycles. The van der Waals surface area contributed by atoms with Crippen LogP contribution in [-0.2, 0) is 4.79 Å². The lowest BCUT2D eigenvalue weighted by molar-refractivity contribution is -0.386. The Kier molecular flexibility index (Phi) is 4.95. The van der Waals surface area contributed by atoms with Gasteiger partial charge >= 0.3 is 5.69 Å². The molecule has 9 heteroatoms. The van der Waals surface area contributed by atoms with E-state index in [-0.39, 0.29) is 11.7 Å². The van der Waals surface area contributed by atoms with Gasteiger partial charge in [-0.15, -0.1) is 0 Å². The number of carbonyl (C=O) groups is 1. The van der Waals surface area contributed by atoms with E-state index in [1.54, 1.807) is 31.2 Å². The molecule has 0 saturated carbocycles. The zero-order valence-corrected chi connectivity index (χ0v) is 15.9. The van der Waals surface area contributed by atoms with Crippen LogP contribution in [0.1, 0.15) is 12.5 Å². The summed E-state index contributed by atoms with van der Waals surface area (Å²) in [4.78, 5) is 23.2. The van der Waals surface area contributed by atoms with Crippen LogP contribution < -0.4 is 9.75 Å². The van der Waals surface area contributed by atoms with Crippen molar-refractivity contribution in [1.82, 2.24) is 0 Å². The van der Waals surface area contributed by atoms with Gasteiger partial charge in [0.2, 0.25) is 5.75 Å². The van der Waals surface area contributed by atoms with Gasteiger partial charge in [-0.2, -0.15) is 10.1 Å². The number of methoxy groups -OCH3 is 1. The van der Waals surface area contributed by atoms with Crippen molar-refractivity contribution in [3.8, 4) is 11.5 Å². The highest BCUT2D eigenvalue weighted by Crippen LogP contribution is 2.38. The van der Waals surface area contributed by atoms with Crippen molar-refractivity contribution in [3.63, 3.8) is 0 Å². The Bertz CT molecular complexity index is 999. The van der Waals surface area contributed by atoms with Crippen molar-refractivity contribution in [1.29, 1.82) is 0 Å². The van der Waals surface area contributed by atoms with E-state index in [2.05, 4.69) is 21.0 Å². The van der Waals surface area contributed by atoms with Gasteiger partial charge in [-0.1, -0.05) is 15.9 Å². The Morgan fingerprint density at radius 2 is 1.96 bits per heavy atom. The van der Waals surface area contributed by atoms with E-state index in [1.807, 2.05) is 0 Å². The fourth-order valence-corrected chi connectivity index (χ4v) is 2.86. The highest BCUT2D eigenvalue weighted by Gasteiger charge is 2.29. The van der Waals surface area contributed by atoms with Crippen LogP contribution in [0, 0.1) is 10.1 Å². The molecular weight excluding hydrogens is 418 g/mol. The number of ether oxygens (including phenoxy) is 1. The van der Waals surface area contributed by atoms with Gasteiger partial charge in [-0.05, 0) is 48.9 Å². The molecule has 27 heavy (non-hydrogen) atoms. The largest absolute Gasteiger partial charge is 0.500 e. The lowest BCUT2D eigenvalue weighted by atomic mass is 10.1. The van der Waals surface area contributed by atoms with Crippen molar-refractivity contribution >= 4 is 45.0 Å². The molecule has 1 amide bonds. The number of amides is 1. The molecule has 8 nitrogen and oxygen atoms in total. The topological polar surface area (TPSA) is 105 Å². The zero-order chi connectivity index (χ0) is 19.7. The molecule has 0 aromatic heterocycles. The number of nitrogens with zero attached hydrogens (tertiary/aromatic N) is 3. The molecular formula is C18H14BrN3O5. The highest BCUT2D eigenvalue weighted by atomic mass is 79.9. The average molecular weight is 432 g/mol. The SMILES string of the molecule is COc1cc(/C=C2/C(=O)N(c3ccc(Br)cc3)N=C2C)cc([N+](=O)[O-])c1O. The number of hydrogen-bond donors (Lipinski definition) is 1. The average Bonchev–Trinajstić information content (AvgIpc) is 2.91. The summed E-state index contributed by atoms with van der Waals surface area (Å²) in [5, 5.41) is 26.5. The van der Waals surface area contributed by atoms with Gasteiger partial charge in [0.05, 0.1) is 29.0 Å². The van der Waals surface area contributed by atoms with Crippen molar-refractivity contribution in [3.05, 3.63) is 62.1 Å². The quantitative estimate of drug-likeness (QED) is 0.449. The highest BCUT2D eigenvalue weighted by molar-refractivity contribution is 9.10. The summed E-state index contributed by atoms with van der Waals surface area (Å²) >= 11 is 3.34. The summed E-state index contributed by atoms with van der Waals surface area (Å²) in [7, 11) is 1.29. The van der Waals surface area contributed by atoms with E-state index in [1.165, 1.54) is 30.3 Å². The molecule has 1 aliphatic rings. The summed E-state index contributed by atoms with van der Waals surface area (Å²) in [5.74, 6) is -0.977. The van der Waals surface area contributed by atoms with Crippen LogP contribution in [0.5, 0.6) is 11.5 Å². The Balaban J connectivity index is 2.02. The van der Waals surface area contributed by atoms with Crippen LogP contribution >= 0.6 is 15.9 Å². The minimum absolute atomic E-state index is 0.0548. The standard InChI is InChI=1S/C18H14BrN3O5/c1-10-14(18(24)21(20-10)13-5-3-12(19)4-6-13)7-11-8-15(22(25)26)17(23)16(9-11)27-2/h3-9,23H,1-2H3/b14-7+. The predicted octanol–water partition coefficient (Wildman–Crippen LogP) is 3.88. The van der Waals surface area contributed by atoms with Crippen LogP contribution in [-0.4, -0.2) is 28.8 Å². The molecule has 2 aromatic carbocycles. The van der Waals surface area contributed by atoms with Gasteiger partial charge in [-0.25, -0.2) is 0 Å². The molecule has 0 saturated heterocycles. The molecule has 138 valence electrons. The summed E-state index contributed by atoms with van der Waals surface area (Å²) in [6, 6.07) is 9.67. The first-order valence-corrected chi connectivity index (χ1v) is 8.54. The van der Waals surface area contributed by atoms with Crippen molar-refractivity contribution in [2.45, 2.75) is 6.92 Å². The third-order valence-electron chi connectivity index (χ3n) is 3.94. The predicted molar refractivity (Wildman–Crippen MR) is 104 cm³/mol. The lowest BCUT2D eigenvalue weighted by Crippen LogP contribution is -2.21. The van der Waals surface area contributed by atoms with Gasteiger partial charge < -0.3 is 9.84 Å². The molecule has 1 aliphatic heterocycles. The molecule has 0 atom stereocenters.